The fourth-order valence-electron chi connectivity index (χ4n) is 3.84. The highest BCUT2D eigenvalue weighted by molar-refractivity contribution is 5.73. The fraction of sp³-hybridized carbons (Fsp3) is 0.611. The van der Waals surface area contributed by atoms with Crippen molar-refractivity contribution in [3.05, 3.63) is 35.4 Å². The monoisotopic (exact) mass is 286 g/mol. The summed E-state index contributed by atoms with van der Waals surface area (Å²) >= 11 is 0. The third-order valence-corrected chi connectivity index (χ3v) is 4.96. The van der Waals surface area contributed by atoms with Gasteiger partial charge in [-0.25, -0.2) is 0 Å². The van der Waals surface area contributed by atoms with Crippen molar-refractivity contribution in [2.45, 2.75) is 45.1 Å². The standard InChI is InChI=1S/C18H26N2O/c1-14(21)19-18-8-10-20(11-9-18)13-15-6-7-16-4-2-3-5-17(16)12-15/h2-5,15,18H,6-13H2,1H3,(H,19,21)/t15-/m0/s1. The molecule has 1 saturated heterocycles. The molecular formula is C18H26N2O. The van der Waals surface area contributed by atoms with Crippen LogP contribution in [0.2, 0.25) is 0 Å². The van der Waals surface area contributed by atoms with Crippen LogP contribution in [-0.2, 0) is 17.6 Å². The maximum atomic E-state index is 11.1. The Kier molecular flexibility index (Phi) is 4.59. The molecule has 1 aliphatic heterocycles. The number of carbonyl (C=O) groups is 1. The third kappa shape index (κ3) is 3.85. The molecule has 0 bridgehead atoms. The Morgan fingerprint density at radius 1 is 1.19 bits per heavy atom. The van der Waals surface area contributed by atoms with E-state index in [2.05, 4.69) is 34.5 Å². The van der Waals surface area contributed by atoms with E-state index in [0.29, 0.717) is 6.04 Å². The van der Waals surface area contributed by atoms with Crippen LogP contribution in [0.25, 0.3) is 0 Å². The number of likely N-dealkylation sites (tertiary alicyclic amines) is 1. The molecule has 114 valence electrons. The fourth-order valence-corrected chi connectivity index (χ4v) is 3.84. The van der Waals surface area contributed by atoms with Gasteiger partial charge in [-0.05, 0) is 49.1 Å². The Hall–Kier alpha value is -1.35. The first-order chi connectivity index (χ1) is 10.2. The van der Waals surface area contributed by atoms with Crippen molar-refractivity contribution in [3.8, 4) is 0 Å². The van der Waals surface area contributed by atoms with Crippen molar-refractivity contribution < 1.29 is 4.79 Å². The molecule has 0 aromatic heterocycles. The molecule has 0 unspecified atom stereocenters. The minimum Gasteiger partial charge on any atom is -0.354 e. The summed E-state index contributed by atoms with van der Waals surface area (Å²) in [6, 6.07) is 9.30. The van der Waals surface area contributed by atoms with Crippen LogP contribution in [0.5, 0.6) is 0 Å². The largest absolute Gasteiger partial charge is 0.354 e. The number of carbonyl (C=O) groups excluding carboxylic acids is 1. The van der Waals surface area contributed by atoms with Gasteiger partial charge in [-0.1, -0.05) is 24.3 Å². The molecule has 3 rings (SSSR count). The van der Waals surface area contributed by atoms with E-state index in [4.69, 9.17) is 0 Å². The lowest BCUT2D eigenvalue weighted by atomic mass is 9.83. The van der Waals surface area contributed by atoms with Gasteiger partial charge in [-0.3, -0.25) is 4.79 Å². The lowest BCUT2D eigenvalue weighted by Crippen LogP contribution is -2.45. The maximum absolute atomic E-state index is 11.1. The Morgan fingerprint density at radius 2 is 1.90 bits per heavy atom. The number of hydrogen-bond donors (Lipinski definition) is 1. The summed E-state index contributed by atoms with van der Waals surface area (Å²) in [5, 5.41) is 3.05. The topological polar surface area (TPSA) is 32.3 Å². The van der Waals surface area contributed by atoms with Gasteiger partial charge in [-0.2, -0.15) is 0 Å². The van der Waals surface area contributed by atoms with Crippen LogP contribution in [0, 0.1) is 5.92 Å². The van der Waals surface area contributed by atoms with Crippen LogP contribution >= 0.6 is 0 Å². The lowest BCUT2D eigenvalue weighted by Gasteiger charge is -2.35. The summed E-state index contributed by atoms with van der Waals surface area (Å²) in [6.45, 7) is 5.10. The first kappa shape index (κ1) is 14.6. The average Bonchev–Trinajstić information content (AvgIpc) is 2.49. The van der Waals surface area contributed by atoms with E-state index < -0.39 is 0 Å². The summed E-state index contributed by atoms with van der Waals surface area (Å²) in [6.07, 6.45) is 6.00. The smallest absolute Gasteiger partial charge is 0.217 e. The zero-order valence-electron chi connectivity index (χ0n) is 13.0. The lowest BCUT2D eigenvalue weighted by molar-refractivity contribution is -0.119. The molecule has 1 atom stereocenters. The molecule has 1 heterocycles. The highest BCUT2D eigenvalue weighted by atomic mass is 16.1. The number of amides is 1. The van der Waals surface area contributed by atoms with E-state index in [1.165, 1.54) is 25.8 Å². The molecule has 1 aromatic carbocycles. The van der Waals surface area contributed by atoms with Crippen LogP contribution in [0.3, 0.4) is 0 Å². The molecule has 0 spiro atoms. The van der Waals surface area contributed by atoms with Crippen LogP contribution in [0.15, 0.2) is 24.3 Å². The number of nitrogens with zero attached hydrogens (tertiary/aromatic N) is 1. The van der Waals surface area contributed by atoms with E-state index in [1.807, 2.05) is 0 Å². The predicted molar refractivity (Wildman–Crippen MR) is 85.2 cm³/mol. The van der Waals surface area contributed by atoms with Crippen LogP contribution in [0.4, 0.5) is 0 Å². The molecule has 2 aliphatic rings. The molecule has 3 nitrogen and oxygen atoms in total. The molecule has 1 N–H and O–H groups in total. The Labute approximate surface area is 127 Å². The minimum absolute atomic E-state index is 0.109. The molecule has 1 amide bonds. The zero-order valence-corrected chi connectivity index (χ0v) is 13.0. The number of hydrogen-bond acceptors (Lipinski definition) is 2. The van der Waals surface area contributed by atoms with Crippen LogP contribution in [0.1, 0.15) is 37.3 Å². The van der Waals surface area contributed by atoms with Crippen LogP contribution in [-0.4, -0.2) is 36.5 Å². The van der Waals surface area contributed by atoms with Crippen molar-refractivity contribution >= 4 is 5.91 Å². The Balaban J connectivity index is 1.47. The van der Waals surface area contributed by atoms with E-state index in [0.717, 1.165) is 31.8 Å². The predicted octanol–water partition coefficient (Wildman–Crippen LogP) is 2.39. The van der Waals surface area contributed by atoms with Gasteiger partial charge in [0.1, 0.15) is 0 Å². The molecule has 3 heteroatoms. The molecule has 21 heavy (non-hydrogen) atoms. The molecule has 1 aliphatic carbocycles. The van der Waals surface area contributed by atoms with Crippen molar-refractivity contribution in [3.63, 3.8) is 0 Å². The summed E-state index contributed by atoms with van der Waals surface area (Å²) < 4.78 is 0. The summed E-state index contributed by atoms with van der Waals surface area (Å²) in [4.78, 5) is 13.7. The van der Waals surface area contributed by atoms with E-state index in [9.17, 15) is 4.79 Å². The van der Waals surface area contributed by atoms with Crippen LogP contribution < -0.4 is 5.32 Å². The summed E-state index contributed by atoms with van der Waals surface area (Å²) in [7, 11) is 0. The van der Waals surface area contributed by atoms with Crippen molar-refractivity contribution in [2.75, 3.05) is 19.6 Å². The second-order valence-corrected chi connectivity index (χ2v) is 6.65. The summed E-state index contributed by atoms with van der Waals surface area (Å²) in [5.74, 6) is 0.912. The van der Waals surface area contributed by atoms with Gasteiger partial charge in [-0.15, -0.1) is 0 Å². The molecule has 1 fully saturated rings. The Bertz CT molecular complexity index is 492. The zero-order chi connectivity index (χ0) is 14.7. The number of fused-ring (bicyclic) bond motifs is 1. The van der Waals surface area contributed by atoms with Gasteiger partial charge in [0, 0.05) is 32.6 Å². The quantitative estimate of drug-likeness (QED) is 0.925. The van der Waals surface area contributed by atoms with Gasteiger partial charge >= 0.3 is 0 Å². The number of nitrogens with one attached hydrogen (secondary N) is 1. The number of benzene rings is 1. The SMILES string of the molecule is CC(=O)NC1CCN(C[C@H]2CCc3ccccc3C2)CC1. The van der Waals surface area contributed by atoms with Crippen molar-refractivity contribution in [1.29, 1.82) is 0 Å². The average molecular weight is 286 g/mol. The maximum Gasteiger partial charge on any atom is 0.217 e. The van der Waals surface area contributed by atoms with Gasteiger partial charge in [0.25, 0.3) is 0 Å². The first-order valence-electron chi connectivity index (χ1n) is 8.27. The normalized spacial score (nSPS) is 23.6. The summed E-state index contributed by atoms with van der Waals surface area (Å²) in [5.41, 5.74) is 3.11. The highest BCUT2D eigenvalue weighted by Gasteiger charge is 2.24. The van der Waals surface area contributed by atoms with E-state index in [1.54, 1.807) is 18.1 Å². The molecule has 0 radical (unpaired) electrons. The first-order valence-corrected chi connectivity index (χ1v) is 8.27. The van der Waals surface area contributed by atoms with Crippen molar-refractivity contribution in [1.82, 2.24) is 10.2 Å². The second-order valence-electron chi connectivity index (χ2n) is 6.65. The number of piperidine rings is 1. The van der Waals surface area contributed by atoms with Crippen molar-refractivity contribution in [2.24, 2.45) is 5.92 Å². The van der Waals surface area contributed by atoms with Gasteiger partial charge in [0.15, 0.2) is 0 Å². The van der Waals surface area contributed by atoms with Gasteiger partial charge in [0.05, 0.1) is 0 Å². The third-order valence-electron chi connectivity index (χ3n) is 4.96. The number of aryl methyl sites for hydroxylation is 1. The van der Waals surface area contributed by atoms with E-state index in [-0.39, 0.29) is 5.91 Å². The second kappa shape index (κ2) is 6.61. The number of rotatable bonds is 3. The molecular weight excluding hydrogens is 260 g/mol. The van der Waals surface area contributed by atoms with Gasteiger partial charge in [0.2, 0.25) is 5.91 Å². The minimum atomic E-state index is 0.109. The molecule has 0 saturated carbocycles. The molecule has 1 aromatic rings. The Morgan fingerprint density at radius 3 is 2.62 bits per heavy atom. The highest BCUT2D eigenvalue weighted by Crippen LogP contribution is 2.26. The van der Waals surface area contributed by atoms with E-state index >= 15 is 0 Å². The van der Waals surface area contributed by atoms with Gasteiger partial charge < -0.3 is 10.2 Å².